The van der Waals surface area contributed by atoms with Gasteiger partial charge in [-0.2, -0.15) is 0 Å². The number of anilines is 6. The second kappa shape index (κ2) is 8.09. The Kier molecular flexibility index (Phi) is 4.90. The summed E-state index contributed by atoms with van der Waals surface area (Å²) in [5, 5.41) is 8.37. The highest BCUT2D eigenvalue weighted by atomic mass is 32.1. The van der Waals surface area contributed by atoms with Crippen LogP contribution in [0.2, 0.25) is 0 Å². The van der Waals surface area contributed by atoms with Crippen LogP contribution in [0.5, 0.6) is 0 Å². The molecule has 166 valence electrons. The van der Waals surface area contributed by atoms with Crippen LogP contribution in [0.4, 0.5) is 31.4 Å². The van der Waals surface area contributed by atoms with E-state index in [9.17, 15) is 0 Å². The first-order chi connectivity index (χ1) is 16.5. The third kappa shape index (κ3) is 3.73. The van der Waals surface area contributed by atoms with Crippen molar-refractivity contribution in [1.82, 2.24) is 0 Å². The molecule has 6 rings (SSSR count). The van der Waals surface area contributed by atoms with Gasteiger partial charge in [-0.3, -0.25) is 4.90 Å². The number of nitrogens with zero attached hydrogens (tertiary/aromatic N) is 1. The molecule has 0 unspecified atom stereocenters. The maximum atomic E-state index is 6.06. The second-order valence-corrected chi connectivity index (χ2v) is 10.4. The van der Waals surface area contributed by atoms with Crippen LogP contribution in [0.25, 0.3) is 32.7 Å². The highest BCUT2D eigenvalue weighted by Crippen LogP contribution is 2.44. The molecule has 0 aliphatic carbocycles. The number of nitrogen functional groups attached to an aromatic ring is 3. The Balaban J connectivity index is 1.46. The van der Waals surface area contributed by atoms with Gasteiger partial charge in [-0.05, 0) is 93.3 Å². The lowest BCUT2D eigenvalue weighted by atomic mass is 9.98. The summed E-state index contributed by atoms with van der Waals surface area (Å²) < 4.78 is 0. The molecule has 6 heteroatoms. The fourth-order valence-electron chi connectivity index (χ4n) is 4.28. The van der Waals surface area contributed by atoms with E-state index < -0.39 is 0 Å². The molecule has 0 saturated carbocycles. The van der Waals surface area contributed by atoms with E-state index in [0.29, 0.717) is 0 Å². The number of hydrogen-bond acceptors (Lipinski definition) is 6. The van der Waals surface area contributed by atoms with Crippen LogP contribution >= 0.6 is 22.7 Å². The van der Waals surface area contributed by atoms with Gasteiger partial charge in [0.15, 0.2) is 0 Å². The quantitative estimate of drug-likeness (QED) is 0.224. The van der Waals surface area contributed by atoms with Crippen LogP contribution in [0.1, 0.15) is 0 Å². The summed E-state index contributed by atoms with van der Waals surface area (Å²) in [6.07, 6.45) is 0. The summed E-state index contributed by atoms with van der Waals surface area (Å²) in [6, 6.07) is 33.7. The molecule has 2 aromatic heterocycles. The third-order valence-corrected chi connectivity index (χ3v) is 7.74. The van der Waals surface area contributed by atoms with Crippen molar-refractivity contribution >= 4 is 75.6 Å². The topological polar surface area (TPSA) is 81.3 Å². The summed E-state index contributed by atoms with van der Waals surface area (Å²) in [5.74, 6) is 0. The van der Waals surface area contributed by atoms with E-state index in [1.807, 2.05) is 24.3 Å². The minimum atomic E-state index is 0.781. The largest absolute Gasteiger partial charge is 0.399 e. The van der Waals surface area contributed by atoms with E-state index in [-0.39, 0.29) is 0 Å². The lowest BCUT2D eigenvalue weighted by molar-refractivity contribution is 1.36. The highest BCUT2D eigenvalue weighted by molar-refractivity contribution is 7.22. The molecule has 0 radical (unpaired) electrons. The maximum Gasteiger partial charge on any atom is 0.103 e. The summed E-state index contributed by atoms with van der Waals surface area (Å²) in [4.78, 5) is 2.22. The van der Waals surface area contributed by atoms with Crippen LogP contribution in [-0.2, 0) is 0 Å². The summed E-state index contributed by atoms with van der Waals surface area (Å²) >= 11 is 3.13. The smallest absolute Gasteiger partial charge is 0.103 e. The minimum Gasteiger partial charge on any atom is -0.399 e. The predicted molar refractivity (Wildman–Crippen MR) is 151 cm³/mol. The first-order valence-corrected chi connectivity index (χ1v) is 12.5. The summed E-state index contributed by atoms with van der Waals surface area (Å²) in [7, 11) is 0. The molecule has 2 heterocycles. The maximum absolute atomic E-state index is 6.06. The molecular weight excluding hydrogens is 456 g/mol. The van der Waals surface area contributed by atoms with Crippen molar-refractivity contribution < 1.29 is 0 Å². The molecule has 4 nitrogen and oxygen atoms in total. The Morgan fingerprint density at radius 1 is 0.471 bits per heavy atom. The van der Waals surface area contributed by atoms with Crippen molar-refractivity contribution in [2.75, 3.05) is 22.1 Å². The zero-order chi connectivity index (χ0) is 23.2. The highest BCUT2D eigenvalue weighted by Gasteiger charge is 2.17. The van der Waals surface area contributed by atoms with Gasteiger partial charge in [0.1, 0.15) is 10.0 Å². The number of benzene rings is 4. The van der Waals surface area contributed by atoms with Crippen molar-refractivity contribution in [3.63, 3.8) is 0 Å². The Morgan fingerprint density at radius 3 is 1.68 bits per heavy atom. The predicted octanol–water partition coefficient (Wildman–Crippen LogP) is 8.00. The molecule has 0 amide bonds. The number of rotatable bonds is 4. The van der Waals surface area contributed by atoms with Crippen molar-refractivity contribution in [2.45, 2.75) is 0 Å². The fraction of sp³-hybridized carbons (Fsp3) is 0. The first kappa shape index (κ1) is 20.6. The molecule has 0 bridgehead atoms. The zero-order valence-corrected chi connectivity index (χ0v) is 19.9. The van der Waals surface area contributed by atoms with Crippen LogP contribution in [0, 0.1) is 0 Å². The van der Waals surface area contributed by atoms with Gasteiger partial charge < -0.3 is 17.2 Å². The van der Waals surface area contributed by atoms with Crippen LogP contribution in [0.15, 0.2) is 97.1 Å². The van der Waals surface area contributed by atoms with Crippen LogP contribution in [0.3, 0.4) is 0 Å². The average Bonchev–Trinajstić information content (AvgIpc) is 3.46. The monoisotopic (exact) mass is 478 g/mol. The standard InChI is InChI=1S/C28H22N4S2/c29-23-7-5-20-13-18(3-4-21(20)15-23)19-2-1-17-6-8-24(16-22(17)14-19)32(27-11-9-25(30)33-27)28-12-10-26(31)34-28/h1-16H,29-31H2. The van der Waals surface area contributed by atoms with E-state index in [4.69, 9.17) is 17.2 Å². The van der Waals surface area contributed by atoms with Gasteiger partial charge in [0.25, 0.3) is 0 Å². The summed E-state index contributed by atoms with van der Waals surface area (Å²) in [5.41, 5.74) is 22.3. The van der Waals surface area contributed by atoms with Crippen molar-refractivity contribution in [3.05, 3.63) is 97.1 Å². The van der Waals surface area contributed by atoms with Gasteiger partial charge in [-0.15, -0.1) is 22.7 Å². The molecule has 6 aromatic rings. The zero-order valence-electron chi connectivity index (χ0n) is 18.2. The molecule has 6 N–H and O–H groups in total. The Hall–Kier alpha value is -4.00. The SMILES string of the molecule is Nc1ccc2cc(-c3ccc4ccc(N(c5ccc(N)s5)c5ccc(N)s5)cc4c3)ccc2c1. The molecule has 4 aromatic carbocycles. The van der Waals surface area contributed by atoms with Gasteiger partial charge in [0, 0.05) is 11.4 Å². The van der Waals surface area contributed by atoms with Crippen LogP contribution in [-0.4, -0.2) is 0 Å². The third-order valence-electron chi connectivity index (χ3n) is 5.95. The molecule has 0 saturated heterocycles. The molecule has 0 spiro atoms. The lowest BCUT2D eigenvalue weighted by Crippen LogP contribution is -2.06. The van der Waals surface area contributed by atoms with E-state index in [1.54, 1.807) is 22.7 Å². The molecule has 34 heavy (non-hydrogen) atoms. The first-order valence-electron chi connectivity index (χ1n) is 10.9. The molecule has 0 aliphatic rings. The van der Waals surface area contributed by atoms with E-state index in [0.717, 1.165) is 36.8 Å². The molecule has 0 fully saturated rings. The molecule has 0 atom stereocenters. The summed E-state index contributed by atoms with van der Waals surface area (Å²) in [6.45, 7) is 0. The van der Waals surface area contributed by atoms with Gasteiger partial charge in [0.05, 0.1) is 10.0 Å². The lowest BCUT2D eigenvalue weighted by Gasteiger charge is -2.22. The van der Waals surface area contributed by atoms with E-state index >= 15 is 0 Å². The molecule has 0 aliphatic heterocycles. The van der Waals surface area contributed by atoms with E-state index in [1.165, 1.54) is 27.3 Å². The van der Waals surface area contributed by atoms with Crippen molar-refractivity contribution in [2.24, 2.45) is 0 Å². The number of thiophene rings is 2. The number of nitrogens with two attached hydrogens (primary N) is 3. The fourth-order valence-corrected chi connectivity index (χ4v) is 5.96. The Labute approximate surface area is 205 Å². The van der Waals surface area contributed by atoms with Crippen LogP contribution < -0.4 is 22.1 Å². The van der Waals surface area contributed by atoms with Crippen molar-refractivity contribution in [1.29, 1.82) is 0 Å². The van der Waals surface area contributed by atoms with Crippen molar-refractivity contribution in [3.8, 4) is 11.1 Å². The normalized spacial score (nSPS) is 11.3. The van der Waals surface area contributed by atoms with Gasteiger partial charge in [0.2, 0.25) is 0 Å². The van der Waals surface area contributed by atoms with Gasteiger partial charge in [-0.1, -0.05) is 36.4 Å². The van der Waals surface area contributed by atoms with E-state index in [2.05, 4.69) is 77.7 Å². The Morgan fingerprint density at radius 2 is 1.03 bits per heavy atom. The Bertz CT molecular complexity index is 1620. The number of hydrogen-bond donors (Lipinski definition) is 3. The average molecular weight is 479 g/mol. The van der Waals surface area contributed by atoms with Gasteiger partial charge >= 0.3 is 0 Å². The second-order valence-electron chi connectivity index (χ2n) is 8.26. The molecular formula is C28H22N4S2. The minimum absolute atomic E-state index is 0.781. The van der Waals surface area contributed by atoms with Gasteiger partial charge in [-0.25, -0.2) is 0 Å². The number of fused-ring (bicyclic) bond motifs is 2.